The standard InChI is InChI=1S/C21H22ClN5O2/c1-15(14-29-2)24-20-23-12-11-19(26-20)27(18-9-4-3-5-10-18)21(28)25-17-8-6-7-16(22)13-17/h3-13,15H,14H2,1-2H3,(H,25,28)(H,23,24,26)/t15-/m0/s1. The van der Waals surface area contributed by atoms with Crippen LogP contribution in [0.1, 0.15) is 6.92 Å². The number of anilines is 4. The van der Waals surface area contributed by atoms with Crippen LogP contribution in [-0.4, -0.2) is 35.8 Å². The summed E-state index contributed by atoms with van der Waals surface area (Å²) in [5, 5.41) is 6.56. The Morgan fingerprint density at radius 2 is 1.97 bits per heavy atom. The third-order valence-corrected chi connectivity index (χ3v) is 4.19. The number of ether oxygens (including phenoxy) is 1. The molecule has 0 saturated heterocycles. The third-order valence-electron chi connectivity index (χ3n) is 3.96. The Kier molecular flexibility index (Phi) is 6.99. The number of hydrogen-bond acceptors (Lipinski definition) is 5. The van der Waals surface area contributed by atoms with Gasteiger partial charge in [-0.05, 0) is 37.3 Å². The Balaban J connectivity index is 1.91. The first-order chi connectivity index (χ1) is 14.1. The second-order valence-corrected chi connectivity index (χ2v) is 6.79. The van der Waals surface area contributed by atoms with Crippen molar-refractivity contribution in [1.82, 2.24) is 9.97 Å². The number of rotatable bonds is 7. The second-order valence-electron chi connectivity index (χ2n) is 6.35. The van der Waals surface area contributed by atoms with Gasteiger partial charge in [0, 0.05) is 36.1 Å². The fourth-order valence-electron chi connectivity index (χ4n) is 2.73. The summed E-state index contributed by atoms with van der Waals surface area (Å²) in [7, 11) is 1.63. The van der Waals surface area contributed by atoms with E-state index in [1.807, 2.05) is 37.3 Å². The predicted molar refractivity (Wildman–Crippen MR) is 116 cm³/mol. The van der Waals surface area contributed by atoms with E-state index in [1.165, 1.54) is 4.90 Å². The van der Waals surface area contributed by atoms with Crippen LogP contribution in [0.5, 0.6) is 0 Å². The van der Waals surface area contributed by atoms with Gasteiger partial charge in [-0.15, -0.1) is 0 Å². The van der Waals surface area contributed by atoms with E-state index in [9.17, 15) is 4.79 Å². The number of carbonyl (C=O) groups is 1. The van der Waals surface area contributed by atoms with Gasteiger partial charge in [-0.3, -0.25) is 0 Å². The molecule has 2 amide bonds. The van der Waals surface area contributed by atoms with Gasteiger partial charge in [0.1, 0.15) is 5.82 Å². The smallest absolute Gasteiger partial charge is 0.332 e. The number of hydrogen-bond donors (Lipinski definition) is 2. The lowest BCUT2D eigenvalue weighted by Gasteiger charge is -2.23. The monoisotopic (exact) mass is 411 g/mol. The van der Waals surface area contributed by atoms with Crippen LogP contribution in [0.15, 0.2) is 66.9 Å². The summed E-state index contributed by atoms with van der Waals surface area (Å²) in [6.45, 7) is 2.46. The zero-order valence-corrected chi connectivity index (χ0v) is 16.9. The van der Waals surface area contributed by atoms with Crippen molar-refractivity contribution in [1.29, 1.82) is 0 Å². The van der Waals surface area contributed by atoms with Crippen LogP contribution in [0.25, 0.3) is 0 Å². The molecule has 3 rings (SSSR count). The van der Waals surface area contributed by atoms with Crippen molar-refractivity contribution in [2.45, 2.75) is 13.0 Å². The number of halogens is 1. The first-order valence-electron chi connectivity index (χ1n) is 9.07. The molecule has 1 atom stereocenters. The maximum absolute atomic E-state index is 13.1. The molecule has 2 aromatic carbocycles. The largest absolute Gasteiger partial charge is 0.383 e. The Labute approximate surface area is 174 Å². The van der Waals surface area contributed by atoms with Crippen molar-refractivity contribution in [3.8, 4) is 0 Å². The van der Waals surface area contributed by atoms with Crippen molar-refractivity contribution in [2.75, 3.05) is 29.3 Å². The van der Waals surface area contributed by atoms with Crippen LogP contribution in [0.3, 0.4) is 0 Å². The lowest BCUT2D eigenvalue weighted by molar-refractivity contribution is 0.190. The fraction of sp³-hybridized carbons (Fsp3) is 0.190. The van der Waals surface area contributed by atoms with Crippen LogP contribution in [0, 0.1) is 0 Å². The van der Waals surface area contributed by atoms with Crippen LogP contribution in [0.4, 0.5) is 27.9 Å². The maximum Gasteiger partial charge on any atom is 0.332 e. The molecule has 0 unspecified atom stereocenters. The summed E-state index contributed by atoms with van der Waals surface area (Å²) in [5.41, 5.74) is 1.26. The average molecular weight is 412 g/mol. The number of amides is 2. The molecule has 0 radical (unpaired) electrons. The summed E-state index contributed by atoms with van der Waals surface area (Å²) in [6.07, 6.45) is 1.60. The number of para-hydroxylation sites is 1. The Morgan fingerprint density at radius 1 is 1.17 bits per heavy atom. The topological polar surface area (TPSA) is 79.4 Å². The van der Waals surface area contributed by atoms with Gasteiger partial charge < -0.3 is 15.4 Å². The van der Waals surface area contributed by atoms with E-state index < -0.39 is 0 Å². The number of urea groups is 1. The van der Waals surface area contributed by atoms with Gasteiger partial charge in [0.25, 0.3) is 0 Å². The molecule has 0 fully saturated rings. The Bertz CT molecular complexity index is 955. The molecule has 0 aliphatic rings. The molecule has 3 aromatic rings. The molecule has 150 valence electrons. The summed E-state index contributed by atoms with van der Waals surface area (Å²) >= 11 is 6.03. The van der Waals surface area contributed by atoms with Crippen LogP contribution < -0.4 is 15.5 Å². The van der Waals surface area contributed by atoms with Gasteiger partial charge in [-0.1, -0.05) is 35.9 Å². The number of benzene rings is 2. The van der Waals surface area contributed by atoms with Gasteiger partial charge in [-0.25, -0.2) is 14.7 Å². The molecule has 1 heterocycles. The van der Waals surface area contributed by atoms with Gasteiger partial charge in [0.2, 0.25) is 5.95 Å². The number of methoxy groups -OCH3 is 1. The van der Waals surface area contributed by atoms with E-state index in [4.69, 9.17) is 16.3 Å². The second kappa shape index (κ2) is 9.86. The summed E-state index contributed by atoms with van der Waals surface area (Å²) in [6, 6.07) is 17.6. The lowest BCUT2D eigenvalue weighted by Crippen LogP contribution is -2.32. The first kappa shape index (κ1) is 20.6. The summed E-state index contributed by atoms with van der Waals surface area (Å²) in [5.74, 6) is 0.835. The van der Waals surface area contributed by atoms with Crippen molar-refractivity contribution in [3.63, 3.8) is 0 Å². The fourth-order valence-corrected chi connectivity index (χ4v) is 2.92. The summed E-state index contributed by atoms with van der Waals surface area (Å²) < 4.78 is 5.13. The highest BCUT2D eigenvalue weighted by molar-refractivity contribution is 6.31. The zero-order valence-electron chi connectivity index (χ0n) is 16.2. The minimum atomic E-state index is -0.368. The highest BCUT2D eigenvalue weighted by Crippen LogP contribution is 2.26. The van der Waals surface area contributed by atoms with Gasteiger partial charge in [0.15, 0.2) is 0 Å². The molecule has 2 N–H and O–H groups in total. The van der Waals surface area contributed by atoms with Gasteiger partial charge in [0.05, 0.1) is 12.3 Å². The predicted octanol–water partition coefficient (Wildman–Crippen LogP) is 4.95. The molecule has 29 heavy (non-hydrogen) atoms. The molecular formula is C21H22ClN5O2. The van der Waals surface area contributed by atoms with Crippen molar-refractivity contribution < 1.29 is 9.53 Å². The first-order valence-corrected chi connectivity index (χ1v) is 9.45. The van der Waals surface area contributed by atoms with Crippen LogP contribution >= 0.6 is 11.6 Å². The zero-order chi connectivity index (χ0) is 20.6. The minimum Gasteiger partial charge on any atom is -0.383 e. The van der Waals surface area contributed by atoms with E-state index in [1.54, 1.807) is 43.6 Å². The van der Waals surface area contributed by atoms with Crippen LogP contribution in [0.2, 0.25) is 5.02 Å². The van der Waals surface area contributed by atoms with E-state index >= 15 is 0 Å². The van der Waals surface area contributed by atoms with E-state index in [0.717, 1.165) is 0 Å². The normalized spacial score (nSPS) is 11.6. The summed E-state index contributed by atoms with van der Waals surface area (Å²) in [4.78, 5) is 23.4. The number of nitrogens with zero attached hydrogens (tertiary/aromatic N) is 3. The molecule has 0 spiro atoms. The molecule has 0 saturated carbocycles. The average Bonchev–Trinajstić information content (AvgIpc) is 2.69. The minimum absolute atomic E-state index is 0.0145. The van der Waals surface area contributed by atoms with Gasteiger partial charge in [-0.2, -0.15) is 4.98 Å². The van der Waals surface area contributed by atoms with E-state index in [-0.39, 0.29) is 12.1 Å². The maximum atomic E-state index is 13.1. The SMILES string of the molecule is COC[C@H](C)Nc1nccc(N(C(=O)Nc2cccc(Cl)c2)c2ccccc2)n1. The lowest BCUT2D eigenvalue weighted by atomic mass is 10.3. The molecule has 0 aliphatic carbocycles. The van der Waals surface area contributed by atoms with E-state index in [0.29, 0.717) is 34.8 Å². The Hall–Kier alpha value is -3.16. The number of carbonyl (C=O) groups excluding carboxylic acids is 1. The molecule has 0 bridgehead atoms. The molecular weight excluding hydrogens is 390 g/mol. The highest BCUT2D eigenvalue weighted by atomic mass is 35.5. The molecule has 7 nitrogen and oxygen atoms in total. The van der Waals surface area contributed by atoms with Gasteiger partial charge >= 0.3 is 6.03 Å². The number of aromatic nitrogens is 2. The molecule has 0 aliphatic heterocycles. The van der Waals surface area contributed by atoms with Crippen LogP contribution in [-0.2, 0) is 4.74 Å². The van der Waals surface area contributed by atoms with Crippen molar-refractivity contribution >= 4 is 40.8 Å². The third kappa shape index (κ3) is 5.66. The van der Waals surface area contributed by atoms with E-state index in [2.05, 4.69) is 20.6 Å². The number of nitrogens with one attached hydrogen (secondary N) is 2. The Morgan fingerprint density at radius 3 is 2.69 bits per heavy atom. The van der Waals surface area contributed by atoms with Crippen molar-refractivity contribution in [2.24, 2.45) is 0 Å². The van der Waals surface area contributed by atoms with Crippen molar-refractivity contribution in [3.05, 3.63) is 71.9 Å². The highest BCUT2D eigenvalue weighted by Gasteiger charge is 2.20. The molecule has 1 aromatic heterocycles. The quantitative estimate of drug-likeness (QED) is 0.575. The molecule has 8 heteroatoms.